The number of benzene rings is 2. The molecule has 3 rings (SSSR count). The molecular weight excluding hydrogens is 341 g/mol. The lowest BCUT2D eigenvalue weighted by atomic mass is 9.92. The summed E-state index contributed by atoms with van der Waals surface area (Å²) in [6.45, 7) is 0.147. The third-order valence-corrected chi connectivity index (χ3v) is 4.54. The minimum absolute atomic E-state index is 0.188. The highest BCUT2D eigenvalue weighted by Gasteiger charge is 2.29. The van der Waals surface area contributed by atoms with E-state index in [0.29, 0.717) is 6.54 Å². The summed E-state index contributed by atoms with van der Waals surface area (Å²) in [5, 5.41) is 7.04. The highest BCUT2D eigenvalue weighted by atomic mass is 19.4. The van der Waals surface area contributed by atoms with Crippen LogP contribution in [0, 0.1) is 0 Å². The number of alkyl halides is 3. The van der Waals surface area contributed by atoms with Crippen molar-refractivity contribution in [2.45, 2.75) is 37.6 Å². The fourth-order valence-corrected chi connectivity index (χ4v) is 3.31. The maximum Gasteiger partial charge on any atom is 0.422 e. The van der Waals surface area contributed by atoms with E-state index in [1.807, 2.05) is 24.3 Å². The number of halogens is 3. The Morgan fingerprint density at radius 3 is 2.54 bits per heavy atom. The van der Waals surface area contributed by atoms with Crippen LogP contribution >= 0.6 is 0 Å². The summed E-state index contributed by atoms with van der Waals surface area (Å²) in [4.78, 5) is 0. The summed E-state index contributed by atoms with van der Waals surface area (Å²) in [7, 11) is 0. The molecular formula is C20H23F3N2O. The van der Waals surface area contributed by atoms with Crippen LogP contribution in [0.5, 0.6) is 5.75 Å². The average Bonchev–Trinajstić information content (AvgIpc) is 2.66. The Labute approximate surface area is 151 Å². The fourth-order valence-electron chi connectivity index (χ4n) is 3.31. The monoisotopic (exact) mass is 364 g/mol. The third kappa shape index (κ3) is 5.22. The molecule has 1 aliphatic rings. The molecule has 1 saturated heterocycles. The van der Waals surface area contributed by atoms with Crippen LogP contribution in [-0.4, -0.2) is 25.4 Å². The molecule has 26 heavy (non-hydrogen) atoms. The largest absolute Gasteiger partial charge is 0.484 e. The van der Waals surface area contributed by atoms with Gasteiger partial charge in [0.2, 0.25) is 0 Å². The van der Waals surface area contributed by atoms with Gasteiger partial charge in [-0.15, -0.1) is 0 Å². The van der Waals surface area contributed by atoms with E-state index in [4.69, 9.17) is 4.74 Å². The van der Waals surface area contributed by atoms with Gasteiger partial charge in [0.1, 0.15) is 5.75 Å². The molecule has 1 heterocycles. The van der Waals surface area contributed by atoms with Gasteiger partial charge < -0.3 is 15.4 Å². The Hall–Kier alpha value is -2.05. The molecule has 6 heteroatoms. The van der Waals surface area contributed by atoms with Crippen LogP contribution in [0.2, 0.25) is 0 Å². The Bertz CT molecular complexity index is 691. The quantitative estimate of drug-likeness (QED) is 0.806. The summed E-state index contributed by atoms with van der Waals surface area (Å²) in [6.07, 6.45) is -2.27. The van der Waals surface area contributed by atoms with E-state index in [9.17, 15) is 13.2 Å². The minimum atomic E-state index is -4.34. The number of piperidine rings is 1. The smallest absolute Gasteiger partial charge is 0.422 e. The molecule has 0 spiro atoms. The van der Waals surface area contributed by atoms with Crippen molar-refractivity contribution in [1.82, 2.24) is 10.6 Å². The lowest BCUT2D eigenvalue weighted by molar-refractivity contribution is -0.153. The fraction of sp³-hybridized carbons (Fsp3) is 0.400. The summed E-state index contributed by atoms with van der Waals surface area (Å²) < 4.78 is 42.3. The summed E-state index contributed by atoms with van der Waals surface area (Å²) >= 11 is 0. The Balaban J connectivity index is 1.66. The number of nitrogens with one attached hydrogen (secondary N) is 2. The van der Waals surface area contributed by atoms with E-state index >= 15 is 0 Å². The molecule has 2 N–H and O–H groups in total. The first-order valence-corrected chi connectivity index (χ1v) is 8.82. The highest BCUT2D eigenvalue weighted by Crippen LogP contribution is 2.26. The van der Waals surface area contributed by atoms with Gasteiger partial charge in [0, 0.05) is 24.2 Å². The highest BCUT2D eigenvalue weighted by molar-refractivity contribution is 5.33. The third-order valence-electron chi connectivity index (χ3n) is 4.54. The molecule has 2 atom stereocenters. The molecule has 2 aromatic carbocycles. The van der Waals surface area contributed by atoms with E-state index in [0.717, 1.165) is 24.9 Å². The number of para-hydroxylation sites is 1. The zero-order chi connectivity index (χ0) is 18.4. The topological polar surface area (TPSA) is 33.3 Å². The predicted octanol–water partition coefficient (Wildman–Crippen LogP) is 4.21. The molecule has 0 bridgehead atoms. The summed E-state index contributed by atoms with van der Waals surface area (Å²) in [6, 6.07) is 17.5. The second-order valence-electron chi connectivity index (χ2n) is 6.48. The van der Waals surface area contributed by atoms with Crippen LogP contribution in [0.25, 0.3) is 0 Å². The molecule has 1 aliphatic heterocycles. The molecule has 3 nitrogen and oxygen atoms in total. The second kappa shape index (κ2) is 8.56. The average molecular weight is 364 g/mol. The van der Waals surface area contributed by atoms with Gasteiger partial charge in [-0.1, -0.05) is 48.5 Å². The lowest BCUT2D eigenvalue weighted by Crippen LogP contribution is -2.45. The minimum Gasteiger partial charge on any atom is -0.484 e. The first-order chi connectivity index (χ1) is 12.5. The van der Waals surface area contributed by atoms with Crippen LogP contribution in [0.4, 0.5) is 13.2 Å². The van der Waals surface area contributed by atoms with Crippen molar-refractivity contribution in [1.29, 1.82) is 0 Å². The van der Waals surface area contributed by atoms with Crippen LogP contribution in [0.15, 0.2) is 54.6 Å². The molecule has 0 radical (unpaired) electrons. The standard InChI is InChI=1S/C20H23F3N2O/c21-20(22,23)14-26-18-11-5-4-9-16(18)13-25-17-10-6-12-24-19(17)15-7-2-1-3-8-15/h1-5,7-9,11,17,19,24-25H,6,10,12-14H2/t17-,19-/m0/s1. The summed E-state index contributed by atoms with van der Waals surface area (Å²) in [5.41, 5.74) is 1.94. The van der Waals surface area contributed by atoms with Gasteiger partial charge in [-0.2, -0.15) is 13.2 Å². The zero-order valence-corrected chi connectivity index (χ0v) is 14.4. The van der Waals surface area contributed by atoms with Gasteiger partial charge in [-0.3, -0.25) is 0 Å². The van der Waals surface area contributed by atoms with E-state index in [1.165, 1.54) is 5.56 Å². The van der Waals surface area contributed by atoms with Crippen molar-refractivity contribution in [2.24, 2.45) is 0 Å². The molecule has 1 fully saturated rings. The molecule has 2 aromatic rings. The molecule has 0 aliphatic carbocycles. The van der Waals surface area contributed by atoms with Gasteiger partial charge >= 0.3 is 6.18 Å². The van der Waals surface area contributed by atoms with E-state index < -0.39 is 12.8 Å². The SMILES string of the molecule is FC(F)(F)COc1ccccc1CN[C@H]1CCCN[C@H]1c1ccccc1. The molecule has 0 unspecified atom stereocenters. The molecule has 140 valence electrons. The van der Waals surface area contributed by atoms with Crippen molar-refractivity contribution in [3.8, 4) is 5.75 Å². The first kappa shape index (κ1) is 18.7. The number of hydrogen-bond donors (Lipinski definition) is 2. The van der Waals surface area contributed by atoms with Crippen molar-refractivity contribution < 1.29 is 17.9 Å². The van der Waals surface area contributed by atoms with Gasteiger partial charge in [0.15, 0.2) is 6.61 Å². The predicted molar refractivity (Wildman–Crippen MR) is 95.0 cm³/mol. The molecule has 0 saturated carbocycles. The van der Waals surface area contributed by atoms with Gasteiger partial charge in [0.05, 0.1) is 0 Å². The van der Waals surface area contributed by atoms with Gasteiger partial charge in [-0.25, -0.2) is 0 Å². The normalized spacial score (nSPS) is 20.7. The Morgan fingerprint density at radius 2 is 1.77 bits per heavy atom. The second-order valence-corrected chi connectivity index (χ2v) is 6.48. The van der Waals surface area contributed by atoms with Crippen molar-refractivity contribution in [2.75, 3.05) is 13.2 Å². The number of rotatable bonds is 6. The molecule has 0 aromatic heterocycles. The van der Waals surface area contributed by atoms with Gasteiger partial charge in [0.25, 0.3) is 0 Å². The summed E-state index contributed by atoms with van der Waals surface area (Å²) in [5.74, 6) is 0.275. The number of hydrogen-bond acceptors (Lipinski definition) is 3. The van der Waals surface area contributed by atoms with Crippen LogP contribution in [0.3, 0.4) is 0 Å². The van der Waals surface area contributed by atoms with Gasteiger partial charge in [-0.05, 0) is 31.0 Å². The maximum atomic E-state index is 12.4. The van der Waals surface area contributed by atoms with Crippen LogP contribution in [0.1, 0.15) is 30.0 Å². The Morgan fingerprint density at radius 1 is 1.04 bits per heavy atom. The van der Waals surface area contributed by atoms with E-state index in [-0.39, 0.29) is 17.8 Å². The lowest BCUT2D eigenvalue weighted by Gasteiger charge is -2.34. The van der Waals surface area contributed by atoms with E-state index in [2.05, 4.69) is 22.8 Å². The zero-order valence-electron chi connectivity index (χ0n) is 14.4. The van der Waals surface area contributed by atoms with E-state index in [1.54, 1.807) is 18.2 Å². The van der Waals surface area contributed by atoms with Crippen molar-refractivity contribution in [3.05, 3.63) is 65.7 Å². The van der Waals surface area contributed by atoms with Crippen molar-refractivity contribution in [3.63, 3.8) is 0 Å². The van der Waals surface area contributed by atoms with Crippen LogP contribution < -0.4 is 15.4 Å². The van der Waals surface area contributed by atoms with Crippen LogP contribution in [-0.2, 0) is 6.54 Å². The maximum absolute atomic E-state index is 12.4. The Kier molecular flexibility index (Phi) is 6.16. The molecule has 0 amide bonds. The number of ether oxygens (including phenoxy) is 1. The van der Waals surface area contributed by atoms with Crippen molar-refractivity contribution >= 4 is 0 Å². The first-order valence-electron chi connectivity index (χ1n) is 8.82.